The number of sulfone groups is 1. The highest BCUT2D eigenvalue weighted by Crippen LogP contribution is 2.41. The van der Waals surface area contributed by atoms with Crippen LogP contribution < -0.4 is 0 Å². The van der Waals surface area contributed by atoms with E-state index in [1.54, 1.807) is 24.3 Å². The van der Waals surface area contributed by atoms with Gasteiger partial charge in [0.15, 0.2) is 26.5 Å². The van der Waals surface area contributed by atoms with Gasteiger partial charge in [0, 0.05) is 12.3 Å². The highest BCUT2D eigenvalue weighted by Gasteiger charge is 2.45. The average molecular weight is 629 g/mol. The lowest BCUT2D eigenvalue weighted by Gasteiger charge is -2.45. The Morgan fingerprint density at radius 1 is 0.878 bits per heavy atom. The first-order chi connectivity index (χ1) is 18.7. The molecule has 0 aliphatic heterocycles. The number of hydrogen-bond donors (Lipinski definition) is 0. The maximum absolute atomic E-state index is 13.5. The summed E-state index contributed by atoms with van der Waals surface area (Å²) in [5.41, 5.74) is -0.578. The van der Waals surface area contributed by atoms with Crippen molar-refractivity contribution in [1.82, 2.24) is 0 Å². The molecular weight excluding hydrogens is 569 g/mol. The monoisotopic (exact) mass is 628 g/mol. The molecule has 1 rings (SSSR count). The molecular formula is C32H60O6SSi2. The van der Waals surface area contributed by atoms with Crippen molar-refractivity contribution in [3.8, 4) is 0 Å². The molecule has 238 valence electrons. The summed E-state index contributed by atoms with van der Waals surface area (Å²) < 4.78 is 46.9. The Morgan fingerprint density at radius 3 is 1.83 bits per heavy atom. The minimum atomic E-state index is -3.51. The second-order valence-corrected chi connectivity index (χ2v) is 25.9. The Bertz CT molecular complexity index is 1030. The Labute approximate surface area is 254 Å². The maximum atomic E-state index is 13.5. The van der Waals surface area contributed by atoms with Crippen LogP contribution in [0.15, 0.2) is 35.2 Å². The third kappa shape index (κ3) is 10.9. The molecule has 0 aliphatic rings. The number of hydrogen-bond acceptors (Lipinski definition) is 6. The van der Waals surface area contributed by atoms with Crippen LogP contribution in [0.1, 0.15) is 82.6 Å². The van der Waals surface area contributed by atoms with Crippen LogP contribution in [0.5, 0.6) is 0 Å². The number of carbonyl (C=O) groups is 1. The number of rotatable bonds is 16. The summed E-state index contributed by atoms with van der Waals surface area (Å²) in [5.74, 6) is -0.613. The molecule has 0 fully saturated rings. The predicted octanol–water partition coefficient (Wildman–Crippen LogP) is 8.49. The van der Waals surface area contributed by atoms with E-state index in [0.717, 1.165) is 18.1 Å². The Balaban J connectivity index is 3.50. The van der Waals surface area contributed by atoms with Crippen LogP contribution in [0, 0.1) is 17.3 Å². The quantitative estimate of drug-likeness (QED) is 0.135. The van der Waals surface area contributed by atoms with E-state index < -0.39 is 31.9 Å². The van der Waals surface area contributed by atoms with Crippen molar-refractivity contribution in [2.75, 3.05) is 12.4 Å². The maximum Gasteiger partial charge on any atom is 0.311 e. The largest absolute Gasteiger partial charge is 0.465 e. The van der Waals surface area contributed by atoms with Crippen LogP contribution in [-0.2, 0) is 28.2 Å². The zero-order chi connectivity index (χ0) is 31.9. The molecule has 0 aromatic heterocycles. The van der Waals surface area contributed by atoms with Gasteiger partial charge < -0.3 is 13.6 Å². The minimum Gasteiger partial charge on any atom is -0.465 e. The minimum absolute atomic E-state index is 0.00965. The fourth-order valence-electron chi connectivity index (χ4n) is 4.87. The molecule has 0 aliphatic carbocycles. The summed E-state index contributed by atoms with van der Waals surface area (Å²) in [6.07, 6.45) is -0.00586. The number of carbonyl (C=O) groups excluding carboxylic acids is 1. The van der Waals surface area contributed by atoms with Crippen molar-refractivity contribution in [2.45, 2.75) is 136 Å². The van der Waals surface area contributed by atoms with Crippen molar-refractivity contribution in [3.05, 3.63) is 30.3 Å². The first kappa shape index (κ1) is 38.0. The van der Waals surface area contributed by atoms with Gasteiger partial charge in [-0.05, 0) is 75.1 Å². The predicted molar refractivity (Wildman–Crippen MR) is 176 cm³/mol. The standard InChI is InChI=1S/C32H60O6SSi2/c1-14-41(15-2,16-3)37-28(22-23-36-30(33)31(6,7)8)26(5)29(38-40(12,13)32(9,10)11)25(4)24-39(34,35)27-20-18-17-19-21-27/h17-21,25-26,28-29H,14-16,22-24H2,1-13H3/t25-,26-,28-,29-/m1/s1. The second-order valence-electron chi connectivity index (χ2n) is 14.3. The van der Waals surface area contributed by atoms with Crippen molar-refractivity contribution in [3.63, 3.8) is 0 Å². The summed E-state index contributed by atoms with van der Waals surface area (Å²) in [4.78, 5) is 12.9. The number of esters is 1. The van der Waals surface area contributed by atoms with E-state index in [0.29, 0.717) is 11.3 Å². The van der Waals surface area contributed by atoms with Crippen LogP contribution in [0.3, 0.4) is 0 Å². The molecule has 9 heteroatoms. The Kier molecular flexibility index (Phi) is 14.0. The van der Waals surface area contributed by atoms with Gasteiger partial charge in [0.25, 0.3) is 0 Å². The molecule has 41 heavy (non-hydrogen) atoms. The Hall–Kier alpha value is -1.01. The van der Waals surface area contributed by atoms with Gasteiger partial charge in [-0.25, -0.2) is 8.42 Å². The molecule has 1 aromatic carbocycles. The molecule has 0 heterocycles. The summed E-state index contributed by atoms with van der Waals surface area (Å²) in [6.45, 7) is 27.6. The van der Waals surface area contributed by atoms with E-state index in [1.807, 2.05) is 33.8 Å². The summed E-state index contributed by atoms with van der Waals surface area (Å²) in [5, 5.41) is -0.0453. The van der Waals surface area contributed by atoms with Crippen LogP contribution in [-0.4, -0.2) is 55.6 Å². The van der Waals surface area contributed by atoms with Crippen molar-refractivity contribution < 1.29 is 26.8 Å². The van der Waals surface area contributed by atoms with E-state index in [2.05, 4.69) is 61.6 Å². The van der Waals surface area contributed by atoms with Crippen LogP contribution in [0.2, 0.25) is 36.3 Å². The first-order valence-electron chi connectivity index (χ1n) is 15.5. The SMILES string of the molecule is CC[Si](CC)(CC)O[C@H](CCOC(=O)C(C)(C)C)[C@@H](C)[C@H](O[Si](C)(C)C(C)(C)C)[C@H](C)CS(=O)(=O)c1ccccc1. The third-order valence-electron chi connectivity index (χ3n) is 9.07. The molecule has 0 N–H and O–H groups in total. The normalized spacial score (nSPS) is 16.6. The summed E-state index contributed by atoms with van der Waals surface area (Å²) in [7, 11) is -7.83. The van der Waals surface area contributed by atoms with E-state index >= 15 is 0 Å². The van der Waals surface area contributed by atoms with Gasteiger partial charge in [0.05, 0.1) is 34.9 Å². The molecule has 1 aromatic rings. The van der Waals surface area contributed by atoms with Crippen molar-refractivity contribution in [1.29, 1.82) is 0 Å². The van der Waals surface area contributed by atoms with Crippen LogP contribution in [0.4, 0.5) is 0 Å². The molecule has 0 spiro atoms. The van der Waals surface area contributed by atoms with Gasteiger partial charge >= 0.3 is 5.97 Å². The summed E-state index contributed by atoms with van der Waals surface area (Å²) in [6, 6.07) is 11.7. The lowest BCUT2D eigenvalue weighted by atomic mass is 9.89. The molecule has 0 saturated heterocycles. The van der Waals surface area contributed by atoms with Gasteiger partial charge in [-0.15, -0.1) is 0 Å². The van der Waals surface area contributed by atoms with E-state index in [1.165, 1.54) is 0 Å². The number of ether oxygens (including phenoxy) is 1. The first-order valence-corrected chi connectivity index (χ1v) is 22.6. The lowest BCUT2D eigenvalue weighted by molar-refractivity contribution is -0.153. The van der Waals surface area contributed by atoms with Gasteiger partial charge in [-0.3, -0.25) is 4.79 Å². The summed E-state index contributed by atoms with van der Waals surface area (Å²) >= 11 is 0. The average Bonchev–Trinajstić information content (AvgIpc) is 2.88. The van der Waals surface area contributed by atoms with Gasteiger partial charge in [-0.1, -0.05) is 73.6 Å². The molecule has 0 amide bonds. The highest BCUT2D eigenvalue weighted by atomic mass is 32.2. The smallest absolute Gasteiger partial charge is 0.311 e. The zero-order valence-corrected chi connectivity index (χ0v) is 31.1. The van der Waals surface area contributed by atoms with Crippen molar-refractivity contribution in [2.24, 2.45) is 17.3 Å². The Morgan fingerprint density at radius 2 is 1.39 bits per heavy atom. The fourth-order valence-corrected chi connectivity index (χ4v) is 11.0. The zero-order valence-electron chi connectivity index (χ0n) is 28.3. The van der Waals surface area contributed by atoms with E-state index in [9.17, 15) is 13.2 Å². The lowest BCUT2D eigenvalue weighted by Crippen LogP contribution is -2.52. The fraction of sp³-hybridized carbons (Fsp3) is 0.781. The van der Waals surface area contributed by atoms with Gasteiger partial charge in [0.2, 0.25) is 0 Å². The van der Waals surface area contributed by atoms with Gasteiger partial charge in [-0.2, -0.15) is 0 Å². The second kappa shape index (κ2) is 15.1. The molecule has 0 unspecified atom stereocenters. The topological polar surface area (TPSA) is 78.9 Å². The number of benzene rings is 1. The molecule has 0 saturated carbocycles. The van der Waals surface area contributed by atoms with Crippen LogP contribution in [0.25, 0.3) is 0 Å². The molecule has 4 atom stereocenters. The highest BCUT2D eigenvalue weighted by molar-refractivity contribution is 7.91. The molecule has 0 radical (unpaired) electrons. The van der Waals surface area contributed by atoms with Crippen LogP contribution >= 0.6 is 0 Å². The van der Waals surface area contributed by atoms with Gasteiger partial charge in [0.1, 0.15) is 0 Å². The van der Waals surface area contributed by atoms with Crippen molar-refractivity contribution >= 4 is 32.4 Å². The molecule has 0 bridgehead atoms. The molecule has 6 nitrogen and oxygen atoms in total. The van der Waals surface area contributed by atoms with E-state index in [-0.39, 0.29) is 47.4 Å². The third-order valence-corrected chi connectivity index (χ3v) is 20.2. The van der Waals surface area contributed by atoms with E-state index in [4.69, 9.17) is 13.6 Å².